The van der Waals surface area contributed by atoms with Gasteiger partial charge in [-0.05, 0) is 25.2 Å². The summed E-state index contributed by atoms with van der Waals surface area (Å²) in [6, 6.07) is 0. The molecule has 0 aromatic rings. The molecule has 60 valence electrons. The first-order valence-corrected chi connectivity index (χ1v) is 4.07. The molecule has 1 heterocycles. The SMILES string of the molecule is C.C1CC2CCOC(C1)C2. The molecule has 0 spiro atoms. The lowest BCUT2D eigenvalue weighted by molar-refractivity contribution is -0.0347. The standard InChI is InChI=1S/C8H14O.CH4/c1-2-7-4-5-9-8(3-1)6-7;/h7-8H,1-6H2;1H4. The van der Waals surface area contributed by atoms with Crippen LogP contribution in [0.2, 0.25) is 0 Å². The van der Waals surface area contributed by atoms with Gasteiger partial charge in [0, 0.05) is 6.61 Å². The molecule has 10 heavy (non-hydrogen) atoms. The summed E-state index contributed by atoms with van der Waals surface area (Å²) in [5.74, 6) is 1.03. The Balaban J connectivity index is 0.000000500. The summed E-state index contributed by atoms with van der Waals surface area (Å²) in [6.07, 6.45) is 7.56. The number of hydrogen-bond donors (Lipinski definition) is 0. The van der Waals surface area contributed by atoms with Crippen molar-refractivity contribution in [1.29, 1.82) is 0 Å². The van der Waals surface area contributed by atoms with Crippen LogP contribution in [-0.4, -0.2) is 12.7 Å². The third-order valence-corrected chi connectivity index (χ3v) is 2.61. The summed E-state index contributed by atoms with van der Waals surface area (Å²) >= 11 is 0. The highest BCUT2D eigenvalue weighted by molar-refractivity contribution is 4.76. The zero-order valence-corrected chi connectivity index (χ0v) is 5.81. The van der Waals surface area contributed by atoms with Crippen LogP contribution in [0.5, 0.6) is 0 Å². The van der Waals surface area contributed by atoms with Gasteiger partial charge in [-0.3, -0.25) is 0 Å². The van der Waals surface area contributed by atoms with E-state index in [4.69, 9.17) is 4.74 Å². The maximum atomic E-state index is 5.55. The molecule has 1 heteroatoms. The second kappa shape index (κ2) is 3.38. The third kappa shape index (κ3) is 1.51. The monoisotopic (exact) mass is 142 g/mol. The molecule has 2 bridgehead atoms. The van der Waals surface area contributed by atoms with Gasteiger partial charge >= 0.3 is 0 Å². The van der Waals surface area contributed by atoms with Crippen molar-refractivity contribution in [1.82, 2.24) is 0 Å². The molecule has 2 atom stereocenters. The molecular weight excluding hydrogens is 124 g/mol. The van der Waals surface area contributed by atoms with Crippen LogP contribution < -0.4 is 0 Å². The average Bonchev–Trinajstić information content (AvgIpc) is 1.88. The Hall–Kier alpha value is -0.0400. The summed E-state index contributed by atoms with van der Waals surface area (Å²) < 4.78 is 5.55. The molecule has 1 nitrogen and oxygen atoms in total. The van der Waals surface area contributed by atoms with E-state index in [0.717, 1.165) is 12.5 Å². The van der Waals surface area contributed by atoms with E-state index in [-0.39, 0.29) is 7.43 Å². The van der Waals surface area contributed by atoms with Crippen LogP contribution in [0, 0.1) is 5.92 Å². The van der Waals surface area contributed by atoms with Crippen LogP contribution in [0.3, 0.4) is 0 Å². The van der Waals surface area contributed by atoms with E-state index in [1.165, 1.54) is 32.1 Å². The Bertz CT molecular complexity index is 80.9. The molecule has 1 aliphatic carbocycles. The van der Waals surface area contributed by atoms with Gasteiger partial charge in [0.05, 0.1) is 6.10 Å². The van der Waals surface area contributed by atoms with Gasteiger partial charge in [0.25, 0.3) is 0 Å². The lowest BCUT2D eigenvalue weighted by Crippen LogP contribution is -2.29. The minimum absolute atomic E-state index is 0. The van der Waals surface area contributed by atoms with Gasteiger partial charge in [0.15, 0.2) is 0 Å². The first-order valence-electron chi connectivity index (χ1n) is 4.07. The fraction of sp³-hybridized carbons (Fsp3) is 1.00. The predicted molar refractivity (Wildman–Crippen MR) is 43.0 cm³/mol. The Labute approximate surface area is 63.8 Å². The number of hydrogen-bond acceptors (Lipinski definition) is 1. The van der Waals surface area contributed by atoms with Crippen molar-refractivity contribution in [2.24, 2.45) is 5.92 Å². The van der Waals surface area contributed by atoms with Crippen LogP contribution in [0.25, 0.3) is 0 Å². The van der Waals surface area contributed by atoms with Crippen molar-refractivity contribution in [3.63, 3.8) is 0 Å². The number of rotatable bonds is 0. The van der Waals surface area contributed by atoms with E-state index in [1.807, 2.05) is 0 Å². The molecule has 0 aromatic carbocycles. The molecule has 1 saturated carbocycles. The maximum Gasteiger partial charge on any atom is 0.0577 e. The van der Waals surface area contributed by atoms with Gasteiger partial charge in [0.2, 0.25) is 0 Å². The first kappa shape index (κ1) is 8.06. The molecule has 2 aliphatic rings. The fourth-order valence-corrected chi connectivity index (χ4v) is 2.06. The molecule has 1 saturated heterocycles. The van der Waals surface area contributed by atoms with E-state index < -0.39 is 0 Å². The lowest BCUT2D eigenvalue weighted by atomic mass is 9.83. The Morgan fingerprint density at radius 2 is 2.00 bits per heavy atom. The molecule has 1 aliphatic heterocycles. The summed E-state index contributed by atoms with van der Waals surface area (Å²) in [5.41, 5.74) is 0. The van der Waals surface area contributed by atoms with Crippen molar-refractivity contribution in [3.05, 3.63) is 0 Å². The Morgan fingerprint density at radius 3 is 2.70 bits per heavy atom. The van der Waals surface area contributed by atoms with Crippen LogP contribution in [0.4, 0.5) is 0 Å². The highest BCUT2D eigenvalue weighted by Gasteiger charge is 2.25. The maximum absolute atomic E-state index is 5.55. The van der Waals surface area contributed by atoms with Crippen molar-refractivity contribution in [3.8, 4) is 0 Å². The van der Waals surface area contributed by atoms with Gasteiger partial charge in [-0.25, -0.2) is 0 Å². The Morgan fingerprint density at radius 1 is 1.10 bits per heavy atom. The van der Waals surface area contributed by atoms with Gasteiger partial charge < -0.3 is 4.74 Å². The molecule has 0 aromatic heterocycles. The van der Waals surface area contributed by atoms with Gasteiger partial charge in [-0.1, -0.05) is 20.3 Å². The largest absolute Gasteiger partial charge is 0.378 e. The highest BCUT2D eigenvalue weighted by atomic mass is 16.5. The van der Waals surface area contributed by atoms with Crippen LogP contribution in [-0.2, 0) is 4.74 Å². The normalized spacial score (nSPS) is 38.4. The van der Waals surface area contributed by atoms with E-state index in [9.17, 15) is 0 Å². The van der Waals surface area contributed by atoms with Gasteiger partial charge in [0.1, 0.15) is 0 Å². The quantitative estimate of drug-likeness (QED) is 0.505. The first-order chi connectivity index (χ1) is 4.45. The van der Waals surface area contributed by atoms with Crippen molar-refractivity contribution >= 4 is 0 Å². The van der Waals surface area contributed by atoms with E-state index in [2.05, 4.69) is 0 Å². The third-order valence-electron chi connectivity index (χ3n) is 2.61. The van der Waals surface area contributed by atoms with E-state index in [1.54, 1.807) is 0 Å². The van der Waals surface area contributed by atoms with E-state index in [0.29, 0.717) is 6.10 Å². The van der Waals surface area contributed by atoms with Gasteiger partial charge in [-0.2, -0.15) is 0 Å². The van der Waals surface area contributed by atoms with Crippen LogP contribution >= 0.6 is 0 Å². The van der Waals surface area contributed by atoms with Crippen molar-refractivity contribution in [2.75, 3.05) is 6.61 Å². The number of fused-ring (bicyclic) bond motifs is 2. The molecule has 0 amide bonds. The molecule has 2 rings (SSSR count). The number of ether oxygens (including phenoxy) is 1. The van der Waals surface area contributed by atoms with Gasteiger partial charge in [-0.15, -0.1) is 0 Å². The second-order valence-electron chi connectivity index (χ2n) is 3.31. The molecular formula is C9H18O. The molecule has 2 fully saturated rings. The van der Waals surface area contributed by atoms with E-state index >= 15 is 0 Å². The summed E-state index contributed by atoms with van der Waals surface area (Å²) in [7, 11) is 0. The smallest absolute Gasteiger partial charge is 0.0577 e. The van der Waals surface area contributed by atoms with Crippen LogP contribution in [0.15, 0.2) is 0 Å². The highest BCUT2D eigenvalue weighted by Crippen LogP contribution is 2.32. The van der Waals surface area contributed by atoms with Crippen molar-refractivity contribution < 1.29 is 4.74 Å². The average molecular weight is 142 g/mol. The summed E-state index contributed by atoms with van der Waals surface area (Å²) in [6.45, 7) is 1.04. The molecule has 2 unspecified atom stereocenters. The zero-order valence-electron chi connectivity index (χ0n) is 5.81. The summed E-state index contributed by atoms with van der Waals surface area (Å²) in [5, 5.41) is 0. The lowest BCUT2D eigenvalue weighted by Gasteiger charge is -2.34. The minimum Gasteiger partial charge on any atom is -0.378 e. The second-order valence-corrected chi connectivity index (χ2v) is 3.31. The summed E-state index contributed by atoms with van der Waals surface area (Å²) in [4.78, 5) is 0. The Kier molecular flexibility index (Phi) is 2.72. The minimum atomic E-state index is 0. The van der Waals surface area contributed by atoms with Crippen molar-refractivity contribution in [2.45, 2.75) is 45.6 Å². The fourth-order valence-electron chi connectivity index (χ4n) is 2.06. The molecule has 0 N–H and O–H groups in total. The zero-order chi connectivity index (χ0) is 6.10. The van der Waals surface area contributed by atoms with Crippen LogP contribution in [0.1, 0.15) is 39.5 Å². The molecule has 0 radical (unpaired) electrons. The predicted octanol–water partition coefficient (Wildman–Crippen LogP) is 2.60. The topological polar surface area (TPSA) is 9.23 Å².